The van der Waals surface area contributed by atoms with Gasteiger partial charge in [-0.15, -0.1) is 0 Å². The zero-order chi connectivity index (χ0) is 29.1. The van der Waals surface area contributed by atoms with Crippen LogP contribution in [0.25, 0.3) is 0 Å². The molecule has 8 nitrogen and oxygen atoms in total. The molecule has 0 aromatic heterocycles. The van der Waals surface area contributed by atoms with Crippen LogP contribution in [0.15, 0.2) is 120 Å². The number of ether oxygens (including phenoxy) is 2. The van der Waals surface area contributed by atoms with Crippen LogP contribution in [0.1, 0.15) is 21.5 Å². The summed E-state index contributed by atoms with van der Waals surface area (Å²) in [6, 6.07) is 31.5. The van der Waals surface area contributed by atoms with Crippen molar-refractivity contribution in [1.82, 2.24) is 10.0 Å². The maximum Gasteiger partial charge on any atom is 0.324 e. The van der Waals surface area contributed by atoms with Gasteiger partial charge in [0.1, 0.15) is 18.4 Å². The van der Waals surface area contributed by atoms with E-state index < -0.39 is 28.1 Å². The Morgan fingerprint density at radius 3 is 1.83 bits per heavy atom. The third-order valence-corrected chi connectivity index (χ3v) is 7.84. The summed E-state index contributed by atoms with van der Waals surface area (Å²) in [4.78, 5) is 26.3. The first-order chi connectivity index (χ1) is 19.8. The molecule has 4 aromatic rings. The second-order valence-corrected chi connectivity index (χ2v) is 11.1. The Balaban J connectivity index is 1.51. The summed E-state index contributed by atoms with van der Waals surface area (Å²) in [6.45, 7) is -0.151. The average Bonchev–Trinajstić information content (AvgIpc) is 3.00. The molecule has 0 bridgehead atoms. The van der Waals surface area contributed by atoms with Gasteiger partial charge in [0.15, 0.2) is 0 Å². The standard InChI is InChI=1S/C32H32N2O6S/c1-39-28-17-19-29(20-18-28)41(37,38)34-30(22-25-13-7-3-8-14-25)32(36)40-23-27(21-24-11-5-2-6-12-24)33-31(35)26-15-9-4-10-16-26/h2-20,27,30,34H,21-23H2,1H3,(H,33,35)/t27-,30+/m0/s1. The fraction of sp³-hybridized carbons (Fsp3) is 0.188. The molecular formula is C32H32N2O6S. The second-order valence-electron chi connectivity index (χ2n) is 9.40. The lowest BCUT2D eigenvalue weighted by atomic mass is 10.1. The molecule has 9 heteroatoms. The number of hydrogen-bond donors (Lipinski definition) is 2. The van der Waals surface area contributed by atoms with Crippen molar-refractivity contribution in [3.63, 3.8) is 0 Å². The number of sulfonamides is 1. The molecule has 212 valence electrons. The SMILES string of the molecule is COc1ccc(S(=O)(=O)N[C@H](Cc2ccccc2)C(=O)OC[C@H](Cc2ccccc2)NC(=O)c2ccccc2)cc1. The molecule has 0 aliphatic heterocycles. The van der Waals surface area contributed by atoms with Gasteiger partial charge < -0.3 is 14.8 Å². The van der Waals surface area contributed by atoms with Crippen LogP contribution in [0.3, 0.4) is 0 Å². The van der Waals surface area contributed by atoms with Crippen LogP contribution in [0, 0.1) is 0 Å². The van der Waals surface area contributed by atoms with E-state index in [1.165, 1.54) is 31.4 Å². The number of hydrogen-bond acceptors (Lipinski definition) is 6. The van der Waals surface area contributed by atoms with Crippen molar-refractivity contribution in [3.8, 4) is 5.75 Å². The minimum atomic E-state index is -4.07. The molecule has 2 N–H and O–H groups in total. The van der Waals surface area contributed by atoms with E-state index in [0.29, 0.717) is 17.7 Å². The highest BCUT2D eigenvalue weighted by Gasteiger charge is 2.28. The Hall–Kier alpha value is -4.47. The van der Waals surface area contributed by atoms with Gasteiger partial charge in [0.2, 0.25) is 10.0 Å². The first-order valence-corrected chi connectivity index (χ1v) is 14.6. The van der Waals surface area contributed by atoms with E-state index in [4.69, 9.17) is 9.47 Å². The van der Waals surface area contributed by atoms with Gasteiger partial charge in [-0.2, -0.15) is 4.72 Å². The molecule has 4 rings (SSSR count). The highest BCUT2D eigenvalue weighted by molar-refractivity contribution is 7.89. The second kappa shape index (κ2) is 14.2. The summed E-state index contributed by atoms with van der Waals surface area (Å²) in [5.41, 5.74) is 2.18. The Morgan fingerprint density at radius 2 is 1.27 bits per heavy atom. The lowest BCUT2D eigenvalue weighted by molar-refractivity contribution is -0.146. The summed E-state index contributed by atoms with van der Waals surface area (Å²) < 4.78 is 39.7. The molecule has 1 amide bonds. The fourth-order valence-corrected chi connectivity index (χ4v) is 5.41. The number of rotatable bonds is 13. The highest BCUT2D eigenvalue weighted by atomic mass is 32.2. The summed E-state index contributed by atoms with van der Waals surface area (Å²) >= 11 is 0. The minimum Gasteiger partial charge on any atom is -0.497 e. The fourth-order valence-electron chi connectivity index (χ4n) is 4.22. The predicted molar refractivity (Wildman–Crippen MR) is 156 cm³/mol. The molecule has 0 saturated heterocycles. The zero-order valence-electron chi connectivity index (χ0n) is 22.6. The Morgan fingerprint density at radius 1 is 0.732 bits per heavy atom. The van der Waals surface area contributed by atoms with E-state index in [0.717, 1.165) is 11.1 Å². The quantitative estimate of drug-likeness (QED) is 0.233. The summed E-state index contributed by atoms with van der Waals surface area (Å²) in [6.07, 6.45) is 0.488. The summed E-state index contributed by atoms with van der Waals surface area (Å²) in [5, 5.41) is 2.94. The third kappa shape index (κ3) is 8.76. The predicted octanol–water partition coefficient (Wildman–Crippen LogP) is 4.17. The molecule has 0 unspecified atom stereocenters. The largest absolute Gasteiger partial charge is 0.497 e. The van der Waals surface area contributed by atoms with Crippen LogP contribution in [-0.4, -0.2) is 46.1 Å². The van der Waals surface area contributed by atoms with Crippen molar-refractivity contribution in [1.29, 1.82) is 0 Å². The van der Waals surface area contributed by atoms with E-state index in [9.17, 15) is 18.0 Å². The van der Waals surface area contributed by atoms with Gasteiger partial charge in [-0.3, -0.25) is 9.59 Å². The Bertz CT molecular complexity index is 1510. The molecule has 0 saturated carbocycles. The van der Waals surface area contributed by atoms with Crippen LogP contribution in [0.4, 0.5) is 0 Å². The van der Waals surface area contributed by atoms with Gasteiger partial charge >= 0.3 is 5.97 Å². The Labute approximate surface area is 240 Å². The molecule has 0 aliphatic carbocycles. The van der Waals surface area contributed by atoms with Crippen LogP contribution in [0.5, 0.6) is 5.75 Å². The lowest BCUT2D eigenvalue weighted by Crippen LogP contribution is -2.46. The maximum absolute atomic E-state index is 13.4. The van der Waals surface area contributed by atoms with Gasteiger partial charge in [0, 0.05) is 5.56 Å². The monoisotopic (exact) mass is 572 g/mol. The van der Waals surface area contributed by atoms with Gasteiger partial charge in [0.05, 0.1) is 18.0 Å². The smallest absolute Gasteiger partial charge is 0.324 e. The van der Waals surface area contributed by atoms with E-state index in [1.807, 2.05) is 54.6 Å². The summed E-state index contributed by atoms with van der Waals surface area (Å²) in [7, 11) is -2.58. The van der Waals surface area contributed by atoms with Crippen molar-refractivity contribution < 1.29 is 27.5 Å². The number of nitrogens with one attached hydrogen (secondary N) is 2. The van der Waals surface area contributed by atoms with E-state index in [1.54, 1.807) is 36.4 Å². The van der Waals surface area contributed by atoms with Crippen molar-refractivity contribution in [2.24, 2.45) is 0 Å². The van der Waals surface area contributed by atoms with Gasteiger partial charge in [-0.1, -0.05) is 78.9 Å². The van der Waals surface area contributed by atoms with Crippen molar-refractivity contribution in [2.45, 2.75) is 29.8 Å². The topological polar surface area (TPSA) is 111 Å². The molecule has 2 atom stereocenters. The maximum atomic E-state index is 13.4. The molecule has 0 fully saturated rings. The molecule has 0 aliphatic rings. The van der Waals surface area contributed by atoms with Crippen LogP contribution in [-0.2, 0) is 32.4 Å². The molecule has 0 heterocycles. The first-order valence-electron chi connectivity index (χ1n) is 13.1. The molecule has 41 heavy (non-hydrogen) atoms. The van der Waals surface area contributed by atoms with Crippen LogP contribution in [0.2, 0.25) is 0 Å². The summed E-state index contributed by atoms with van der Waals surface area (Å²) in [5.74, 6) is -0.548. The number of carbonyl (C=O) groups excluding carboxylic acids is 2. The molecular weight excluding hydrogens is 540 g/mol. The van der Waals surface area contributed by atoms with Gasteiger partial charge in [-0.05, 0) is 60.4 Å². The van der Waals surface area contributed by atoms with Gasteiger partial charge in [0.25, 0.3) is 5.91 Å². The van der Waals surface area contributed by atoms with Crippen LogP contribution < -0.4 is 14.8 Å². The Kier molecular flexibility index (Phi) is 10.3. The highest BCUT2D eigenvalue weighted by Crippen LogP contribution is 2.17. The minimum absolute atomic E-state index is 0.0127. The van der Waals surface area contributed by atoms with E-state index >= 15 is 0 Å². The van der Waals surface area contributed by atoms with Gasteiger partial charge in [-0.25, -0.2) is 8.42 Å². The van der Waals surface area contributed by atoms with Crippen molar-refractivity contribution >= 4 is 21.9 Å². The number of amides is 1. The molecule has 0 radical (unpaired) electrons. The average molecular weight is 573 g/mol. The number of methoxy groups -OCH3 is 1. The number of benzene rings is 4. The number of esters is 1. The zero-order valence-corrected chi connectivity index (χ0v) is 23.4. The first kappa shape index (κ1) is 29.5. The third-order valence-electron chi connectivity index (χ3n) is 6.36. The lowest BCUT2D eigenvalue weighted by Gasteiger charge is -2.22. The molecule has 4 aromatic carbocycles. The molecule has 0 spiro atoms. The van der Waals surface area contributed by atoms with E-state index in [2.05, 4.69) is 10.0 Å². The van der Waals surface area contributed by atoms with Crippen LogP contribution >= 0.6 is 0 Å². The normalized spacial score (nSPS) is 12.6. The van der Waals surface area contributed by atoms with E-state index in [-0.39, 0.29) is 23.8 Å². The van der Waals surface area contributed by atoms with Crippen molar-refractivity contribution in [3.05, 3.63) is 132 Å². The van der Waals surface area contributed by atoms with Crippen molar-refractivity contribution in [2.75, 3.05) is 13.7 Å². The number of carbonyl (C=O) groups is 2.